The largest absolute Gasteiger partial charge is 0.396 e. The van der Waals surface area contributed by atoms with Gasteiger partial charge in [0.2, 0.25) is 11.8 Å². The van der Waals surface area contributed by atoms with Crippen molar-refractivity contribution in [3.63, 3.8) is 0 Å². The van der Waals surface area contributed by atoms with Gasteiger partial charge in [0.15, 0.2) is 0 Å². The number of amides is 3. The first-order valence-electron chi connectivity index (χ1n) is 16.7. The Balaban J connectivity index is 1.54. The number of nitrogens with zero attached hydrogens (tertiary/aromatic N) is 3. The number of thioether (sulfide) groups is 1. The molecule has 1 N–H and O–H groups in total. The maximum atomic E-state index is 15.0. The first kappa shape index (κ1) is 34.0. The zero-order valence-electron chi connectivity index (χ0n) is 27.6. The quantitative estimate of drug-likeness (QED) is 0.192. The molecule has 3 aliphatic heterocycles. The molecule has 46 heavy (non-hydrogen) atoms. The number of likely N-dealkylation sites (tertiary alicyclic amines) is 1. The van der Waals surface area contributed by atoms with Gasteiger partial charge in [0.1, 0.15) is 6.04 Å². The van der Waals surface area contributed by atoms with Crippen molar-refractivity contribution in [1.29, 1.82) is 0 Å². The van der Waals surface area contributed by atoms with Gasteiger partial charge in [-0.1, -0.05) is 74.4 Å². The third-order valence-corrected chi connectivity index (χ3v) is 12.3. The van der Waals surface area contributed by atoms with Gasteiger partial charge in [0.25, 0.3) is 5.91 Å². The van der Waals surface area contributed by atoms with Gasteiger partial charge in [-0.3, -0.25) is 14.4 Å². The first-order valence-corrected chi connectivity index (χ1v) is 17.6. The standard InChI is InChI=1S/C38H49N3O4S/c1-6-19-39(25-29-15-11-10-12-16-29)35(43)32-31-24-28(5)38(46-31)33(32)36(44)41(21-13-8-9-14-22-42)34(38)37(45)40(20-7-2)30-23-26(3)17-18-27(30)4/h6-7,10-12,15-18,23,28,31-34,42H,1-2,8-9,13-14,19-22,24-25H2,3-5H3/t28?,31-,32+,33+,34?,38?/m1/s1. The van der Waals surface area contributed by atoms with E-state index >= 15 is 4.79 Å². The summed E-state index contributed by atoms with van der Waals surface area (Å²) in [5.41, 5.74) is 3.90. The molecule has 5 rings (SSSR count). The van der Waals surface area contributed by atoms with Crippen molar-refractivity contribution in [3.8, 4) is 0 Å². The number of aliphatic hydroxyl groups excluding tert-OH is 1. The van der Waals surface area contributed by atoms with E-state index in [2.05, 4.69) is 20.1 Å². The van der Waals surface area contributed by atoms with Crippen molar-refractivity contribution in [2.24, 2.45) is 17.8 Å². The second kappa shape index (κ2) is 14.6. The van der Waals surface area contributed by atoms with E-state index in [-0.39, 0.29) is 35.5 Å². The summed E-state index contributed by atoms with van der Waals surface area (Å²) in [4.78, 5) is 49.8. The highest BCUT2D eigenvalue weighted by molar-refractivity contribution is 8.02. The number of benzene rings is 2. The summed E-state index contributed by atoms with van der Waals surface area (Å²) in [6.45, 7) is 15.8. The van der Waals surface area contributed by atoms with Crippen LogP contribution in [0.1, 0.15) is 55.7 Å². The molecule has 7 nitrogen and oxygen atoms in total. The van der Waals surface area contributed by atoms with E-state index in [1.165, 1.54) is 0 Å². The second-order valence-corrected chi connectivity index (χ2v) is 14.8. The molecule has 0 aromatic heterocycles. The van der Waals surface area contributed by atoms with Crippen molar-refractivity contribution in [2.45, 2.75) is 75.5 Å². The van der Waals surface area contributed by atoms with Crippen LogP contribution >= 0.6 is 11.8 Å². The minimum Gasteiger partial charge on any atom is -0.396 e. The fourth-order valence-corrected chi connectivity index (χ4v) is 10.5. The summed E-state index contributed by atoms with van der Waals surface area (Å²) >= 11 is 1.72. The lowest BCUT2D eigenvalue weighted by Gasteiger charge is -2.41. The lowest BCUT2D eigenvalue weighted by atomic mass is 9.65. The molecule has 0 aliphatic carbocycles. The van der Waals surface area contributed by atoms with E-state index in [0.717, 1.165) is 48.1 Å². The second-order valence-electron chi connectivity index (χ2n) is 13.2. The number of aryl methyl sites for hydroxylation is 2. The Hall–Kier alpha value is -3.36. The summed E-state index contributed by atoms with van der Waals surface area (Å²) in [6.07, 6.45) is 7.46. The van der Waals surface area contributed by atoms with Crippen molar-refractivity contribution in [1.82, 2.24) is 9.80 Å². The number of anilines is 1. The number of aliphatic hydroxyl groups is 1. The summed E-state index contributed by atoms with van der Waals surface area (Å²) in [7, 11) is 0. The van der Waals surface area contributed by atoms with Crippen LogP contribution in [0.2, 0.25) is 0 Å². The Morgan fingerprint density at radius 3 is 2.43 bits per heavy atom. The van der Waals surface area contributed by atoms with Crippen LogP contribution in [-0.2, 0) is 20.9 Å². The minimum atomic E-state index is -0.700. The molecule has 3 amide bonds. The Morgan fingerprint density at radius 2 is 1.74 bits per heavy atom. The van der Waals surface area contributed by atoms with E-state index < -0.39 is 22.6 Å². The number of carbonyl (C=O) groups is 3. The van der Waals surface area contributed by atoms with Crippen molar-refractivity contribution in [3.05, 3.63) is 90.5 Å². The highest BCUT2D eigenvalue weighted by Crippen LogP contribution is 2.69. The Labute approximate surface area is 278 Å². The van der Waals surface area contributed by atoms with Gasteiger partial charge < -0.3 is 19.8 Å². The van der Waals surface area contributed by atoms with Crippen molar-refractivity contribution in [2.75, 3.05) is 31.1 Å². The van der Waals surface area contributed by atoms with Gasteiger partial charge >= 0.3 is 0 Å². The van der Waals surface area contributed by atoms with E-state index in [4.69, 9.17) is 0 Å². The average molecular weight is 644 g/mol. The van der Waals surface area contributed by atoms with Crippen LogP contribution < -0.4 is 4.90 Å². The van der Waals surface area contributed by atoms with E-state index in [0.29, 0.717) is 32.6 Å². The maximum Gasteiger partial charge on any atom is 0.251 e. The summed E-state index contributed by atoms with van der Waals surface area (Å²) in [5, 5.41) is 9.26. The molecule has 246 valence electrons. The molecule has 2 bridgehead atoms. The predicted molar refractivity (Wildman–Crippen MR) is 186 cm³/mol. The number of fused-ring (bicyclic) bond motifs is 1. The van der Waals surface area contributed by atoms with Crippen molar-refractivity contribution >= 4 is 35.2 Å². The van der Waals surface area contributed by atoms with Crippen LogP contribution in [-0.4, -0.2) is 74.9 Å². The third kappa shape index (κ3) is 6.18. The van der Waals surface area contributed by atoms with Gasteiger partial charge in [-0.05, 0) is 61.8 Å². The average Bonchev–Trinajstić information content (AvgIpc) is 3.64. The monoisotopic (exact) mass is 643 g/mol. The number of rotatable bonds is 15. The van der Waals surface area contributed by atoms with Gasteiger partial charge in [-0.2, -0.15) is 0 Å². The molecule has 3 saturated heterocycles. The molecule has 0 radical (unpaired) electrons. The fraction of sp³-hybridized carbons (Fsp3) is 0.500. The van der Waals surface area contributed by atoms with Crippen LogP contribution in [0, 0.1) is 31.6 Å². The van der Waals surface area contributed by atoms with Gasteiger partial charge in [-0.25, -0.2) is 0 Å². The van der Waals surface area contributed by atoms with Crippen molar-refractivity contribution < 1.29 is 19.5 Å². The molecule has 3 fully saturated rings. The lowest BCUT2D eigenvalue weighted by molar-refractivity contribution is -0.144. The summed E-state index contributed by atoms with van der Waals surface area (Å²) in [5.74, 6) is -1.18. The Morgan fingerprint density at radius 1 is 1.02 bits per heavy atom. The SMILES string of the molecule is C=CCN(Cc1ccccc1)C(=O)[C@@H]1[C@H]2C(=O)N(CCCCCCO)C(C(=O)N(CC=C)c3cc(C)ccc3C)C23S[C@@H]1CC3C. The van der Waals surface area contributed by atoms with Crippen LogP contribution in [0.4, 0.5) is 5.69 Å². The normalized spacial score (nSPS) is 26.2. The van der Waals surface area contributed by atoms with Gasteiger partial charge in [-0.15, -0.1) is 24.9 Å². The molecular weight excluding hydrogens is 595 g/mol. The summed E-state index contributed by atoms with van der Waals surface area (Å²) < 4.78 is -0.700. The fourth-order valence-electron chi connectivity index (χ4n) is 8.07. The zero-order valence-corrected chi connectivity index (χ0v) is 28.4. The van der Waals surface area contributed by atoms with Crippen LogP contribution in [0.3, 0.4) is 0 Å². The number of hydrogen-bond donors (Lipinski definition) is 1. The summed E-state index contributed by atoms with van der Waals surface area (Å²) in [6, 6.07) is 15.3. The number of carbonyl (C=O) groups excluding carboxylic acids is 3. The number of unbranched alkanes of at least 4 members (excludes halogenated alkanes) is 3. The maximum absolute atomic E-state index is 15.0. The third-order valence-electron chi connectivity index (χ3n) is 10.2. The molecule has 3 aliphatic rings. The van der Waals surface area contributed by atoms with Crippen LogP contribution in [0.25, 0.3) is 0 Å². The van der Waals surface area contributed by atoms with Crippen LogP contribution in [0.5, 0.6) is 0 Å². The van der Waals surface area contributed by atoms with Gasteiger partial charge in [0.05, 0.1) is 16.6 Å². The molecule has 3 unspecified atom stereocenters. The molecule has 0 saturated carbocycles. The van der Waals surface area contributed by atoms with Crippen LogP contribution in [0.15, 0.2) is 73.8 Å². The molecule has 2 aromatic carbocycles. The number of hydrogen-bond acceptors (Lipinski definition) is 5. The molecule has 1 spiro atoms. The van der Waals surface area contributed by atoms with E-state index in [1.807, 2.05) is 72.2 Å². The molecule has 8 heteroatoms. The minimum absolute atomic E-state index is 0.0261. The topological polar surface area (TPSA) is 81.2 Å². The molecule has 3 heterocycles. The highest BCUT2D eigenvalue weighted by atomic mass is 32.2. The van der Waals surface area contributed by atoms with Gasteiger partial charge in [0, 0.05) is 43.7 Å². The Bertz CT molecular complexity index is 1450. The predicted octanol–water partition coefficient (Wildman–Crippen LogP) is 5.93. The molecule has 6 atom stereocenters. The first-order chi connectivity index (χ1) is 22.2. The smallest absolute Gasteiger partial charge is 0.251 e. The molecule has 2 aromatic rings. The Kier molecular flexibility index (Phi) is 10.8. The van der Waals surface area contributed by atoms with E-state index in [9.17, 15) is 14.7 Å². The van der Waals surface area contributed by atoms with E-state index in [1.54, 1.807) is 28.8 Å². The highest BCUT2D eigenvalue weighted by Gasteiger charge is 2.76. The lowest BCUT2D eigenvalue weighted by Crippen LogP contribution is -2.57. The molecular formula is C38H49N3O4S. The zero-order chi connectivity index (χ0) is 33.0.